The van der Waals surface area contributed by atoms with Crippen LogP contribution in [0.1, 0.15) is 15.9 Å². The molecule has 0 saturated carbocycles. The Morgan fingerprint density at radius 3 is 2.62 bits per heavy atom. The van der Waals surface area contributed by atoms with Gasteiger partial charge in [0.25, 0.3) is 0 Å². The van der Waals surface area contributed by atoms with Crippen LogP contribution in [0.2, 0.25) is 0 Å². The third kappa shape index (κ3) is 4.24. The molecule has 26 heavy (non-hydrogen) atoms. The van der Waals surface area contributed by atoms with Crippen LogP contribution in [0.15, 0.2) is 60.9 Å². The molecule has 1 aromatic heterocycles. The van der Waals surface area contributed by atoms with Crippen molar-refractivity contribution in [1.29, 1.82) is 0 Å². The van der Waals surface area contributed by atoms with Crippen molar-refractivity contribution >= 4 is 5.97 Å². The zero-order valence-corrected chi connectivity index (χ0v) is 13.7. The third-order valence-electron chi connectivity index (χ3n) is 3.87. The predicted octanol–water partition coefficient (Wildman–Crippen LogP) is 4.09. The van der Waals surface area contributed by atoms with E-state index < -0.39 is 12.6 Å². The highest BCUT2D eigenvalue weighted by atomic mass is 19.3. The van der Waals surface area contributed by atoms with Gasteiger partial charge in [-0.15, -0.1) is 0 Å². The van der Waals surface area contributed by atoms with Gasteiger partial charge >= 0.3 is 12.6 Å². The SMILES string of the molecule is O=C(O)c1ccc(-c2cnn(CCc3ccccc3)c2)cc1OC(F)F. The molecule has 0 radical (unpaired) electrons. The quantitative estimate of drug-likeness (QED) is 0.691. The van der Waals surface area contributed by atoms with Crippen molar-refractivity contribution in [2.24, 2.45) is 0 Å². The minimum absolute atomic E-state index is 0.314. The largest absolute Gasteiger partial charge is 0.478 e. The standard InChI is InChI=1S/C19H16F2N2O3/c20-19(21)26-17-10-14(6-7-16(17)18(24)25)15-11-22-23(12-15)9-8-13-4-2-1-3-5-13/h1-7,10-12,19H,8-9H2,(H,24,25). The summed E-state index contributed by atoms with van der Waals surface area (Å²) in [7, 11) is 0. The molecule has 1 N–H and O–H groups in total. The number of hydrogen-bond donors (Lipinski definition) is 1. The van der Waals surface area contributed by atoms with Crippen LogP contribution in [0.25, 0.3) is 11.1 Å². The Kier molecular flexibility index (Phi) is 5.26. The van der Waals surface area contributed by atoms with Gasteiger partial charge in [0.05, 0.1) is 6.20 Å². The van der Waals surface area contributed by atoms with E-state index in [1.807, 2.05) is 30.3 Å². The van der Waals surface area contributed by atoms with Gasteiger partial charge in [-0.2, -0.15) is 13.9 Å². The fourth-order valence-corrected chi connectivity index (χ4v) is 2.60. The summed E-state index contributed by atoms with van der Waals surface area (Å²) in [5, 5.41) is 13.3. The molecule has 134 valence electrons. The molecular formula is C19H16F2N2O3. The van der Waals surface area contributed by atoms with Crippen molar-refractivity contribution in [3.8, 4) is 16.9 Å². The number of halogens is 2. The second-order valence-electron chi connectivity index (χ2n) is 5.62. The number of ether oxygens (including phenoxy) is 1. The first kappa shape index (κ1) is 17.6. The number of aryl methyl sites for hydroxylation is 2. The second kappa shape index (κ2) is 7.77. The summed E-state index contributed by atoms with van der Waals surface area (Å²) in [6.07, 6.45) is 4.19. The summed E-state index contributed by atoms with van der Waals surface area (Å²) in [5.74, 6) is -1.70. The number of alkyl halides is 2. The van der Waals surface area contributed by atoms with Gasteiger partial charge in [0, 0.05) is 18.3 Å². The van der Waals surface area contributed by atoms with Gasteiger partial charge in [0.15, 0.2) is 0 Å². The number of aromatic nitrogens is 2. The second-order valence-corrected chi connectivity index (χ2v) is 5.62. The Hall–Kier alpha value is -3.22. The first-order chi connectivity index (χ1) is 12.5. The van der Waals surface area contributed by atoms with E-state index in [1.165, 1.54) is 17.7 Å². The molecule has 7 heteroatoms. The van der Waals surface area contributed by atoms with Gasteiger partial charge in [-0.25, -0.2) is 4.79 Å². The predicted molar refractivity (Wildman–Crippen MR) is 91.4 cm³/mol. The fourth-order valence-electron chi connectivity index (χ4n) is 2.60. The Bertz CT molecular complexity index is 895. The van der Waals surface area contributed by atoms with Crippen LogP contribution in [0.4, 0.5) is 8.78 Å². The van der Waals surface area contributed by atoms with Gasteiger partial charge in [-0.3, -0.25) is 4.68 Å². The molecule has 0 atom stereocenters. The molecule has 0 aliphatic carbocycles. The topological polar surface area (TPSA) is 64.3 Å². The van der Waals surface area contributed by atoms with E-state index in [2.05, 4.69) is 9.84 Å². The van der Waals surface area contributed by atoms with Gasteiger partial charge in [-0.1, -0.05) is 36.4 Å². The van der Waals surface area contributed by atoms with Crippen LogP contribution in [0, 0.1) is 0 Å². The number of carbonyl (C=O) groups is 1. The highest BCUT2D eigenvalue weighted by Gasteiger charge is 2.16. The molecule has 2 aromatic carbocycles. The Balaban J connectivity index is 1.79. The average Bonchev–Trinajstić information content (AvgIpc) is 3.09. The van der Waals surface area contributed by atoms with Crippen LogP contribution in [0.3, 0.4) is 0 Å². The number of aromatic carboxylic acids is 1. The molecule has 0 amide bonds. The van der Waals surface area contributed by atoms with Crippen LogP contribution in [0.5, 0.6) is 5.75 Å². The van der Waals surface area contributed by atoms with Crippen molar-refractivity contribution in [1.82, 2.24) is 9.78 Å². The van der Waals surface area contributed by atoms with Crippen LogP contribution < -0.4 is 4.74 Å². The number of carboxylic acid groups (broad SMARTS) is 1. The lowest BCUT2D eigenvalue weighted by Gasteiger charge is -2.09. The van der Waals surface area contributed by atoms with Gasteiger partial charge in [0.2, 0.25) is 0 Å². The summed E-state index contributed by atoms with van der Waals surface area (Å²) < 4.78 is 31.2. The number of nitrogens with zero attached hydrogens (tertiary/aromatic N) is 2. The van der Waals surface area contributed by atoms with Crippen LogP contribution in [-0.4, -0.2) is 27.5 Å². The van der Waals surface area contributed by atoms with Crippen molar-refractivity contribution in [3.63, 3.8) is 0 Å². The molecular weight excluding hydrogens is 342 g/mol. The summed E-state index contributed by atoms with van der Waals surface area (Å²) in [4.78, 5) is 11.1. The van der Waals surface area contributed by atoms with Crippen LogP contribution in [-0.2, 0) is 13.0 Å². The molecule has 0 fully saturated rings. The van der Waals surface area contributed by atoms with Crippen molar-refractivity contribution in [2.45, 2.75) is 19.6 Å². The van der Waals surface area contributed by atoms with Crippen molar-refractivity contribution in [3.05, 3.63) is 72.1 Å². The third-order valence-corrected chi connectivity index (χ3v) is 3.87. The van der Waals surface area contributed by atoms with E-state index in [1.54, 1.807) is 23.1 Å². The van der Waals surface area contributed by atoms with Gasteiger partial charge < -0.3 is 9.84 Å². The van der Waals surface area contributed by atoms with E-state index in [-0.39, 0.29) is 11.3 Å². The maximum atomic E-state index is 12.5. The maximum absolute atomic E-state index is 12.5. The molecule has 0 aliphatic heterocycles. The molecule has 0 spiro atoms. The molecule has 0 unspecified atom stereocenters. The van der Waals surface area contributed by atoms with Crippen molar-refractivity contribution < 1.29 is 23.4 Å². The number of benzene rings is 2. The van der Waals surface area contributed by atoms with E-state index in [0.29, 0.717) is 17.7 Å². The van der Waals surface area contributed by atoms with E-state index >= 15 is 0 Å². The Morgan fingerprint density at radius 2 is 1.92 bits per heavy atom. The summed E-state index contributed by atoms with van der Waals surface area (Å²) in [5.41, 5.74) is 2.11. The normalized spacial score (nSPS) is 10.9. The number of hydrogen-bond acceptors (Lipinski definition) is 3. The van der Waals surface area contributed by atoms with Gasteiger partial charge in [-0.05, 0) is 29.7 Å². The molecule has 3 aromatic rings. The Labute approximate surface area is 148 Å². The molecule has 0 saturated heterocycles. The monoisotopic (exact) mass is 358 g/mol. The first-order valence-electron chi connectivity index (χ1n) is 7.92. The highest BCUT2D eigenvalue weighted by Crippen LogP contribution is 2.28. The maximum Gasteiger partial charge on any atom is 0.387 e. The van der Waals surface area contributed by atoms with Crippen LogP contribution >= 0.6 is 0 Å². The summed E-state index contributed by atoms with van der Waals surface area (Å²) >= 11 is 0. The average molecular weight is 358 g/mol. The van der Waals surface area contributed by atoms with E-state index in [4.69, 9.17) is 5.11 Å². The molecule has 0 bridgehead atoms. The van der Waals surface area contributed by atoms with Gasteiger partial charge in [0.1, 0.15) is 11.3 Å². The zero-order chi connectivity index (χ0) is 18.5. The fraction of sp³-hybridized carbons (Fsp3) is 0.158. The van der Waals surface area contributed by atoms with E-state index in [0.717, 1.165) is 6.42 Å². The smallest absolute Gasteiger partial charge is 0.387 e. The zero-order valence-electron chi connectivity index (χ0n) is 13.7. The lowest BCUT2D eigenvalue weighted by Crippen LogP contribution is -2.07. The summed E-state index contributed by atoms with van der Waals surface area (Å²) in [6, 6.07) is 14.0. The minimum Gasteiger partial charge on any atom is -0.478 e. The van der Waals surface area contributed by atoms with E-state index in [9.17, 15) is 13.6 Å². The molecule has 5 nitrogen and oxygen atoms in total. The lowest BCUT2D eigenvalue weighted by atomic mass is 10.1. The number of rotatable bonds is 7. The molecule has 0 aliphatic rings. The summed E-state index contributed by atoms with van der Waals surface area (Å²) in [6.45, 7) is -2.44. The first-order valence-corrected chi connectivity index (χ1v) is 7.92. The number of carboxylic acids is 1. The van der Waals surface area contributed by atoms with Crippen molar-refractivity contribution in [2.75, 3.05) is 0 Å². The Morgan fingerprint density at radius 1 is 1.15 bits per heavy atom. The lowest BCUT2D eigenvalue weighted by molar-refractivity contribution is -0.0502. The minimum atomic E-state index is -3.10. The highest BCUT2D eigenvalue weighted by molar-refractivity contribution is 5.92. The molecule has 1 heterocycles. The molecule has 3 rings (SSSR count).